The van der Waals surface area contributed by atoms with Gasteiger partial charge in [-0.25, -0.2) is 8.42 Å². The first-order chi connectivity index (χ1) is 15.1. The third-order valence-corrected chi connectivity index (χ3v) is 5.99. The number of sulfonamides is 1. The van der Waals surface area contributed by atoms with Gasteiger partial charge in [-0.15, -0.1) is 0 Å². The molecule has 11 heteroatoms. The molecule has 0 aliphatic heterocycles. The molecule has 0 radical (unpaired) electrons. The predicted octanol–water partition coefficient (Wildman–Crippen LogP) is 4.63. The summed E-state index contributed by atoms with van der Waals surface area (Å²) >= 11 is 0. The van der Waals surface area contributed by atoms with Gasteiger partial charge < -0.3 is 5.32 Å². The minimum Gasteiger partial charge on any atom is -0.320 e. The van der Waals surface area contributed by atoms with Crippen LogP contribution in [0.3, 0.4) is 0 Å². The number of para-hydroxylation sites is 1. The molecular formula is C21H15F3N4O3S. The second-order valence-corrected chi connectivity index (χ2v) is 8.48. The Balaban J connectivity index is 1.51. The lowest BCUT2D eigenvalue weighted by atomic mass is 10.2. The lowest BCUT2D eigenvalue weighted by Crippen LogP contribution is -2.15. The molecule has 3 N–H and O–H groups in total. The summed E-state index contributed by atoms with van der Waals surface area (Å²) in [6.45, 7) is 0. The highest BCUT2D eigenvalue weighted by molar-refractivity contribution is 7.92. The summed E-state index contributed by atoms with van der Waals surface area (Å²) in [5.41, 5.74) is 0.143. The van der Waals surface area contributed by atoms with Gasteiger partial charge in [0.2, 0.25) is 0 Å². The van der Waals surface area contributed by atoms with E-state index in [-0.39, 0.29) is 16.1 Å². The van der Waals surface area contributed by atoms with Crippen molar-refractivity contribution in [1.82, 2.24) is 10.2 Å². The Bertz CT molecular complexity index is 1400. The number of rotatable bonds is 5. The Kier molecular flexibility index (Phi) is 5.35. The molecule has 4 aromatic rings. The van der Waals surface area contributed by atoms with Gasteiger partial charge in [0.25, 0.3) is 15.9 Å². The molecule has 164 valence electrons. The summed E-state index contributed by atoms with van der Waals surface area (Å²) in [5, 5.41) is 10.2. The second-order valence-electron chi connectivity index (χ2n) is 6.80. The van der Waals surface area contributed by atoms with E-state index in [0.29, 0.717) is 17.3 Å². The number of H-pyrrole nitrogens is 1. The lowest BCUT2D eigenvalue weighted by Gasteiger charge is -2.12. The molecule has 0 fully saturated rings. The summed E-state index contributed by atoms with van der Waals surface area (Å²) in [7, 11) is -4.16. The predicted molar refractivity (Wildman–Crippen MR) is 113 cm³/mol. The fraction of sp³-hybridized carbons (Fsp3) is 0.0476. The van der Waals surface area contributed by atoms with Gasteiger partial charge in [0.1, 0.15) is 0 Å². The number of alkyl halides is 3. The monoisotopic (exact) mass is 460 g/mol. The number of aromatic nitrogens is 2. The van der Waals surface area contributed by atoms with Gasteiger partial charge in [-0.2, -0.15) is 18.3 Å². The van der Waals surface area contributed by atoms with E-state index in [2.05, 4.69) is 20.2 Å². The van der Waals surface area contributed by atoms with Crippen LogP contribution < -0.4 is 10.0 Å². The number of fused-ring (bicyclic) bond motifs is 1. The highest BCUT2D eigenvalue weighted by Gasteiger charge is 2.30. The number of anilines is 2. The van der Waals surface area contributed by atoms with Gasteiger partial charge in [0.05, 0.1) is 27.9 Å². The number of nitrogens with zero attached hydrogens (tertiary/aromatic N) is 1. The third kappa shape index (κ3) is 4.42. The van der Waals surface area contributed by atoms with Gasteiger partial charge in [0.15, 0.2) is 0 Å². The first-order valence-electron chi connectivity index (χ1n) is 9.17. The minimum atomic E-state index is -4.60. The molecule has 0 atom stereocenters. The zero-order chi connectivity index (χ0) is 22.9. The quantitative estimate of drug-likeness (QED) is 0.404. The molecule has 0 spiro atoms. The SMILES string of the molecule is O=C(Nc1cccc2cn[nH]c12)c1ccc(S(=O)(=O)Nc2cccc(C(F)(F)F)c2)cc1. The van der Waals surface area contributed by atoms with E-state index in [1.165, 1.54) is 30.3 Å². The summed E-state index contributed by atoms with van der Waals surface area (Å²) in [4.78, 5) is 12.3. The number of nitrogens with one attached hydrogen (secondary N) is 3. The molecule has 0 aliphatic carbocycles. The van der Waals surface area contributed by atoms with Gasteiger partial charge >= 0.3 is 6.18 Å². The highest BCUT2D eigenvalue weighted by atomic mass is 32.2. The van der Waals surface area contributed by atoms with Crippen molar-refractivity contribution in [3.63, 3.8) is 0 Å². The van der Waals surface area contributed by atoms with Crippen molar-refractivity contribution in [3.05, 3.63) is 84.1 Å². The maximum absolute atomic E-state index is 12.8. The Hall–Kier alpha value is -3.86. The van der Waals surface area contributed by atoms with Gasteiger partial charge in [0, 0.05) is 16.6 Å². The van der Waals surface area contributed by atoms with E-state index in [1.54, 1.807) is 18.3 Å². The van der Waals surface area contributed by atoms with Crippen molar-refractivity contribution < 1.29 is 26.4 Å². The van der Waals surface area contributed by atoms with Crippen molar-refractivity contribution in [1.29, 1.82) is 0 Å². The van der Waals surface area contributed by atoms with E-state index in [1.807, 2.05) is 6.07 Å². The van der Waals surface area contributed by atoms with Gasteiger partial charge in [-0.3, -0.25) is 14.6 Å². The van der Waals surface area contributed by atoms with Crippen LogP contribution in [0.2, 0.25) is 0 Å². The minimum absolute atomic E-state index is 0.194. The molecule has 4 rings (SSSR count). The number of carbonyl (C=O) groups excluding carboxylic acids is 1. The number of carbonyl (C=O) groups is 1. The average Bonchev–Trinajstić information content (AvgIpc) is 3.23. The topological polar surface area (TPSA) is 104 Å². The van der Waals surface area contributed by atoms with Crippen molar-refractivity contribution in [2.24, 2.45) is 0 Å². The molecule has 0 saturated heterocycles. The largest absolute Gasteiger partial charge is 0.416 e. The summed E-state index contributed by atoms with van der Waals surface area (Å²) in [6.07, 6.45) is -2.99. The number of amides is 1. The standard InChI is InChI=1S/C21H15F3N4O3S/c22-21(23,24)15-4-2-5-16(11-15)28-32(30,31)17-9-7-13(8-10-17)20(29)26-18-6-1-3-14-12-25-27-19(14)18/h1-12,28H,(H,25,27)(H,26,29). The van der Waals surface area contributed by atoms with Gasteiger partial charge in [-0.05, 0) is 48.5 Å². The van der Waals surface area contributed by atoms with Crippen LogP contribution in [0, 0.1) is 0 Å². The maximum Gasteiger partial charge on any atom is 0.416 e. The number of halogens is 3. The summed E-state index contributed by atoms with van der Waals surface area (Å²) in [6, 6.07) is 14.1. The molecular weight excluding hydrogens is 445 g/mol. The molecule has 1 amide bonds. The van der Waals surface area contributed by atoms with Crippen LogP contribution >= 0.6 is 0 Å². The van der Waals surface area contributed by atoms with Crippen molar-refractivity contribution in [2.75, 3.05) is 10.0 Å². The summed E-state index contributed by atoms with van der Waals surface area (Å²) < 4.78 is 65.8. The Morgan fingerprint density at radius 3 is 2.41 bits per heavy atom. The number of hydrogen-bond acceptors (Lipinski definition) is 4. The van der Waals surface area contributed by atoms with Crippen LogP contribution in [0.5, 0.6) is 0 Å². The van der Waals surface area contributed by atoms with Crippen LogP contribution in [0.1, 0.15) is 15.9 Å². The Morgan fingerprint density at radius 1 is 0.969 bits per heavy atom. The highest BCUT2D eigenvalue weighted by Crippen LogP contribution is 2.31. The van der Waals surface area contributed by atoms with Crippen molar-refractivity contribution in [3.8, 4) is 0 Å². The van der Waals surface area contributed by atoms with Crippen LogP contribution in [-0.4, -0.2) is 24.5 Å². The molecule has 0 unspecified atom stereocenters. The fourth-order valence-electron chi connectivity index (χ4n) is 3.03. The Morgan fingerprint density at radius 2 is 1.69 bits per heavy atom. The fourth-order valence-corrected chi connectivity index (χ4v) is 4.08. The first kappa shape index (κ1) is 21.4. The van der Waals surface area contributed by atoms with E-state index < -0.39 is 27.7 Å². The third-order valence-electron chi connectivity index (χ3n) is 4.59. The van der Waals surface area contributed by atoms with E-state index in [9.17, 15) is 26.4 Å². The molecule has 3 aromatic carbocycles. The zero-order valence-corrected chi connectivity index (χ0v) is 17.0. The van der Waals surface area contributed by atoms with E-state index in [0.717, 1.165) is 17.5 Å². The lowest BCUT2D eigenvalue weighted by molar-refractivity contribution is -0.137. The molecule has 0 saturated carbocycles. The summed E-state index contributed by atoms with van der Waals surface area (Å²) in [5.74, 6) is -0.470. The number of hydrogen-bond donors (Lipinski definition) is 3. The zero-order valence-electron chi connectivity index (χ0n) is 16.1. The normalized spacial score (nSPS) is 12.0. The maximum atomic E-state index is 12.8. The van der Waals surface area contributed by atoms with Crippen LogP contribution in [-0.2, 0) is 16.2 Å². The molecule has 0 aliphatic rings. The average molecular weight is 460 g/mol. The molecule has 32 heavy (non-hydrogen) atoms. The van der Waals surface area contributed by atoms with Gasteiger partial charge in [-0.1, -0.05) is 18.2 Å². The number of benzene rings is 3. The van der Waals surface area contributed by atoms with Crippen molar-refractivity contribution in [2.45, 2.75) is 11.1 Å². The smallest absolute Gasteiger partial charge is 0.320 e. The van der Waals surface area contributed by atoms with E-state index in [4.69, 9.17) is 0 Å². The molecule has 0 bridgehead atoms. The van der Waals surface area contributed by atoms with Crippen molar-refractivity contribution >= 4 is 38.2 Å². The number of aromatic amines is 1. The Labute approximate surface area is 180 Å². The van der Waals surface area contributed by atoms with Crippen LogP contribution in [0.4, 0.5) is 24.5 Å². The second kappa shape index (κ2) is 8.00. The van der Waals surface area contributed by atoms with Crippen LogP contribution in [0.25, 0.3) is 10.9 Å². The first-order valence-corrected chi connectivity index (χ1v) is 10.7. The molecule has 7 nitrogen and oxygen atoms in total. The molecule has 1 aromatic heterocycles. The van der Waals surface area contributed by atoms with Crippen LogP contribution in [0.15, 0.2) is 77.8 Å². The van der Waals surface area contributed by atoms with E-state index >= 15 is 0 Å². The molecule has 1 heterocycles.